The second-order valence-electron chi connectivity index (χ2n) is 3.68. The van der Waals surface area contributed by atoms with Gasteiger partial charge in [-0.05, 0) is 24.6 Å². The number of carbonyl (C=O) groups excluding carboxylic acids is 1. The van der Waals surface area contributed by atoms with Gasteiger partial charge in [-0.3, -0.25) is 4.79 Å². The zero-order valence-electron chi connectivity index (χ0n) is 9.78. The number of amides is 1. The van der Waals surface area contributed by atoms with Crippen molar-refractivity contribution in [2.24, 2.45) is 5.73 Å². The van der Waals surface area contributed by atoms with Crippen molar-refractivity contribution in [1.82, 2.24) is 0 Å². The number of nitrogens with one attached hydrogen (secondary N) is 1. The fourth-order valence-corrected chi connectivity index (χ4v) is 2.33. The number of hydrogen-bond donors (Lipinski definition) is 2. The minimum absolute atomic E-state index is 0.0659. The molecule has 1 amide bonds. The number of halogens is 3. The van der Waals surface area contributed by atoms with Gasteiger partial charge in [0.2, 0.25) is 5.91 Å². The lowest BCUT2D eigenvalue weighted by Gasteiger charge is -2.12. The molecule has 3 N–H and O–H groups in total. The summed E-state index contributed by atoms with van der Waals surface area (Å²) in [5.41, 5.74) is -0.494. The van der Waals surface area contributed by atoms with Gasteiger partial charge in [0.15, 0.2) is 0 Å². The van der Waals surface area contributed by atoms with Crippen molar-refractivity contribution in [2.45, 2.75) is 17.3 Å². The van der Waals surface area contributed by atoms with Crippen LogP contribution in [0.5, 0.6) is 0 Å². The van der Waals surface area contributed by atoms with E-state index in [2.05, 4.69) is 5.32 Å². The monoisotopic (exact) mass is 296 g/mol. The smallest absolute Gasteiger partial charge is 0.325 e. The van der Waals surface area contributed by atoms with Crippen molar-refractivity contribution in [3.63, 3.8) is 0 Å². The summed E-state index contributed by atoms with van der Waals surface area (Å²) in [6.07, 6.45) is 0. The van der Waals surface area contributed by atoms with Gasteiger partial charge < -0.3 is 11.1 Å². The van der Waals surface area contributed by atoms with Crippen LogP contribution in [-0.4, -0.2) is 26.4 Å². The molecule has 1 aromatic carbocycles. The van der Waals surface area contributed by atoms with Crippen LogP contribution in [0.15, 0.2) is 23.1 Å². The summed E-state index contributed by atoms with van der Waals surface area (Å²) in [6, 6.07) is 3.22. The van der Waals surface area contributed by atoms with Gasteiger partial charge >= 0.3 is 5.51 Å². The molecular weight excluding hydrogens is 285 g/mol. The Morgan fingerprint density at radius 1 is 1.37 bits per heavy atom. The third-order valence-corrected chi connectivity index (χ3v) is 3.88. The predicted octanol–water partition coefficient (Wildman–Crippen LogP) is 1.19. The fourth-order valence-electron chi connectivity index (χ4n) is 1.30. The average molecular weight is 296 g/mol. The second-order valence-corrected chi connectivity index (χ2v) is 5.59. The van der Waals surface area contributed by atoms with E-state index in [1.807, 2.05) is 0 Å². The standard InChI is InChI=1S/C10H11F3N2O3S/c1-6-2-3-7(15-9(16)5-14)4-8(6)19(17,18)10(11,12)13/h2-4H,5,14H2,1H3,(H,15,16). The third-order valence-electron chi connectivity index (χ3n) is 2.25. The fraction of sp³-hybridized carbons (Fsp3) is 0.300. The summed E-state index contributed by atoms with van der Waals surface area (Å²) < 4.78 is 60.0. The van der Waals surface area contributed by atoms with E-state index in [9.17, 15) is 26.4 Å². The number of sulfone groups is 1. The van der Waals surface area contributed by atoms with E-state index < -0.39 is 26.1 Å². The summed E-state index contributed by atoms with van der Waals surface area (Å²) in [4.78, 5) is 10.1. The molecule has 0 aliphatic rings. The lowest BCUT2D eigenvalue weighted by Crippen LogP contribution is -2.25. The molecule has 0 spiro atoms. The first kappa shape index (κ1) is 15.4. The van der Waals surface area contributed by atoms with Gasteiger partial charge in [0, 0.05) is 5.69 Å². The third kappa shape index (κ3) is 3.24. The van der Waals surface area contributed by atoms with Crippen LogP contribution in [-0.2, 0) is 14.6 Å². The van der Waals surface area contributed by atoms with E-state index in [0.717, 1.165) is 6.07 Å². The number of nitrogens with two attached hydrogens (primary N) is 1. The maximum atomic E-state index is 12.5. The van der Waals surface area contributed by atoms with Crippen LogP contribution in [0.4, 0.5) is 18.9 Å². The van der Waals surface area contributed by atoms with Crippen LogP contribution < -0.4 is 11.1 Å². The van der Waals surface area contributed by atoms with E-state index >= 15 is 0 Å². The van der Waals surface area contributed by atoms with Gasteiger partial charge in [-0.2, -0.15) is 13.2 Å². The van der Waals surface area contributed by atoms with E-state index in [-0.39, 0.29) is 17.8 Å². The van der Waals surface area contributed by atoms with Crippen LogP contribution in [0, 0.1) is 6.92 Å². The molecule has 19 heavy (non-hydrogen) atoms. The topological polar surface area (TPSA) is 89.3 Å². The van der Waals surface area contributed by atoms with Crippen LogP contribution in [0.2, 0.25) is 0 Å². The molecule has 5 nitrogen and oxygen atoms in total. The number of hydrogen-bond acceptors (Lipinski definition) is 4. The van der Waals surface area contributed by atoms with Crippen LogP contribution >= 0.6 is 0 Å². The molecule has 0 bridgehead atoms. The maximum absolute atomic E-state index is 12.5. The van der Waals surface area contributed by atoms with Gasteiger partial charge in [0.05, 0.1) is 11.4 Å². The van der Waals surface area contributed by atoms with Gasteiger partial charge in [0.1, 0.15) is 0 Å². The van der Waals surface area contributed by atoms with E-state index in [1.54, 1.807) is 0 Å². The van der Waals surface area contributed by atoms with Crippen LogP contribution in [0.3, 0.4) is 0 Å². The average Bonchev–Trinajstić information content (AvgIpc) is 2.29. The molecule has 0 unspecified atom stereocenters. The number of benzene rings is 1. The number of aryl methyl sites for hydroxylation is 1. The minimum Gasteiger partial charge on any atom is -0.325 e. The molecular formula is C10H11F3N2O3S. The van der Waals surface area contributed by atoms with Gasteiger partial charge in [-0.1, -0.05) is 6.07 Å². The molecule has 0 aliphatic heterocycles. The predicted molar refractivity (Wildman–Crippen MR) is 62.1 cm³/mol. The van der Waals surface area contributed by atoms with E-state index in [4.69, 9.17) is 5.73 Å². The summed E-state index contributed by atoms with van der Waals surface area (Å²) in [6.45, 7) is 0.863. The Balaban J connectivity index is 3.30. The Bertz CT molecular complexity index is 597. The molecule has 1 aromatic rings. The molecule has 1 rings (SSSR count). The zero-order chi connectivity index (χ0) is 14.8. The number of alkyl halides is 3. The van der Waals surface area contributed by atoms with Crippen molar-refractivity contribution in [1.29, 1.82) is 0 Å². The summed E-state index contributed by atoms with van der Waals surface area (Å²) >= 11 is 0. The largest absolute Gasteiger partial charge is 0.501 e. The van der Waals surface area contributed by atoms with Crippen molar-refractivity contribution in [2.75, 3.05) is 11.9 Å². The summed E-state index contributed by atoms with van der Waals surface area (Å²) in [7, 11) is -5.45. The normalized spacial score (nSPS) is 12.3. The zero-order valence-corrected chi connectivity index (χ0v) is 10.6. The first-order valence-corrected chi connectivity index (χ1v) is 6.50. The minimum atomic E-state index is -5.45. The van der Waals surface area contributed by atoms with Crippen LogP contribution in [0.1, 0.15) is 5.56 Å². The molecule has 106 valence electrons. The Kier molecular flexibility index (Phi) is 4.21. The highest BCUT2D eigenvalue weighted by Crippen LogP contribution is 2.33. The molecule has 0 saturated carbocycles. The molecule has 0 aliphatic carbocycles. The molecule has 0 aromatic heterocycles. The van der Waals surface area contributed by atoms with E-state index in [1.165, 1.54) is 19.1 Å². The second kappa shape index (κ2) is 5.17. The van der Waals surface area contributed by atoms with Gasteiger partial charge in [-0.25, -0.2) is 8.42 Å². The first-order chi connectivity index (χ1) is 8.59. The lowest BCUT2D eigenvalue weighted by molar-refractivity contribution is -0.114. The number of anilines is 1. The summed E-state index contributed by atoms with van der Waals surface area (Å²) in [5, 5.41) is 2.19. The Morgan fingerprint density at radius 2 is 1.95 bits per heavy atom. The maximum Gasteiger partial charge on any atom is 0.501 e. The van der Waals surface area contributed by atoms with Gasteiger partial charge in [-0.15, -0.1) is 0 Å². The highest BCUT2D eigenvalue weighted by atomic mass is 32.2. The van der Waals surface area contributed by atoms with E-state index in [0.29, 0.717) is 0 Å². The Hall–Kier alpha value is -1.61. The molecule has 0 heterocycles. The SMILES string of the molecule is Cc1ccc(NC(=O)CN)cc1S(=O)(=O)C(F)(F)F. The van der Waals surface area contributed by atoms with Crippen molar-refractivity contribution in [3.05, 3.63) is 23.8 Å². The molecule has 0 saturated heterocycles. The van der Waals surface area contributed by atoms with Gasteiger partial charge in [0.25, 0.3) is 9.84 Å². The molecule has 0 fully saturated rings. The lowest BCUT2D eigenvalue weighted by atomic mass is 10.2. The highest BCUT2D eigenvalue weighted by Gasteiger charge is 2.47. The molecule has 9 heteroatoms. The van der Waals surface area contributed by atoms with Crippen molar-refractivity contribution < 1.29 is 26.4 Å². The first-order valence-electron chi connectivity index (χ1n) is 5.01. The highest BCUT2D eigenvalue weighted by molar-refractivity contribution is 7.92. The molecule has 0 radical (unpaired) electrons. The number of carbonyl (C=O) groups is 1. The van der Waals surface area contributed by atoms with Crippen molar-refractivity contribution >= 4 is 21.4 Å². The molecule has 0 atom stereocenters. The summed E-state index contributed by atoms with van der Waals surface area (Å²) in [5.74, 6) is -0.640. The number of rotatable bonds is 3. The Morgan fingerprint density at radius 3 is 2.42 bits per heavy atom. The van der Waals surface area contributed by atoms with Crippen molar-refractivity contribution in [3.8, 4) is 0 Å². The quantitative estimate of drug-likeness (QED) is 0.876. The Labute approximate surface area is 107 Å². The van der Waals surface area contributed by atoms with Crippen LogP contribution in [0.25, 0.3) is 0 Å².